The summed E-state index contributed by atoms with van der Waals surface area (Å²) >= 11 is 0. The van der Waals surface area contributed by atoms with Crippen molar-refractivity contribution in [3.63, 3.8) is 0 Å². The van der Waals surface area contributed by atoms with Crippen LogP contribution in [0, 0.1) is 0 Å². The van der Waals surface area contributed by atoms with Gasteiger partial charge < -0.3 is 21.7 Å². The van der Waals surface area contributed by atoms with Crippen LogP contribution < -0.4 is 16.8 Å². The minimum atomic E-state index is -0.562. The molecule has 0 spiro atoms. The molecule has 0 saturated carbocycles. The second-order valence-electron chi connectivity index (χ2n) is 5.43. The fraction of sp³-hybridized carbons (Fsp3) is 0.467. The Balaban J connectivity index is 1.99. The Kier molecular flexibility index (Phi) is 4.67. The van der Waals surface area contributed by atoms with Gasteiger partial charge in [-0.25, -0.2) is 0 Å². The van der Waals surface area contributed by atoms with E-state index in [0.29, 0.717) is 16.9 Å². The number of amides is 2. The first-order valence-corrected chi connectivity index (χ1v) is 7.23. The van der Waals surface area contributed by atoms with Crippen LogP contribution >= 0.6 is 0 Å². The number of carbonyl (C=O) groups is 2. The van der Waals surface area contributed by atoms with E-state index in [4.69, 9.17) is 11.5 Å². The number of piperidine rings is 1. The molecule has 0 aliphatic carbocycles. The van der Waals surface area contributed by atoms with Gasteiger partial charge in [-0.15, -0.1) is 0 Å². The van der Waals surface area contributed by atoms with Gasteiger partial charge in [-0.05, 0) is 44.4 Å². The molecule has 1 fully saturated rings. The third-order valence-electron chi connectivity index (χ3n) is 3.71. The van der Waals surface area contributed by atoms with Crippen molar-refractivity contribution in [3.05, 3.63) is 23.8 Å². The zero-order chi connectivity index (χ0) is 15.4. The number of nitrogen functional groups attached to an aromatic ring is 2. The number of nitrogens with one attached hydrogen (secondary N) is 1. The van der Waals surface area contributed by atoms with Crippen molar-refractivity contribution in [2.45, 2.75) is 32.2 Å². The highest BCUT2D eigenvalue weighted by atomic mass is 16.2. The standard InChI is InChI=1S/C15H22N4O2/c1-10(15(21)19-7-3-2-4-8-19)18-14(20)12-6-5-11(16)9-13(12)17/h5-6,9-10H,2-4,7-8,16-17H2,1H3,(H,18,20). The first kappa shape index (κ1) is 15.2. The van der Waals surface area contributed by atoms with Gasteiger partial charge in [0, 0.05) is 24.5 Å². The fourth-order valence-electron chi connectivity index (χ4n) is 2.51. The molecular formula is C15H22N4O2. The van der Waals surface area contributed by atoms with Crippen LogP contribution in [0.15, 0.2) is 18.2 Å². The summed E-state index contributed by atoms with van der Waals surface area (Å²) in [5, 5.41) is 2.70. The first-order valence-electron chi connectivity index (χ1n) is 7.23. The number of likely N-dealkylation sites (tertiary alicyclic amines) is 1. The number of nitrogens with two attached hydrogens (primary N) is 2. The predicted molar refractivity (Wildman–Crippen MR) is 82.6 cm³/mol. The molecule has 2 rings (SSSR count). The first-order chi connectivity index (χ1) is 9.99. The fourth-order valence-corrected chi connectivity index (χ4v) is 2.51. The van der Waals surface area contributed by atoms with Crippen LogP contribution in [0.25, 0.3) is 0 Å². The summed E-state index contributed by atoms with van der Waals surface area (Å²) in [6, 6.07) is 4.15. The highest BCUT2D eigenvalue weighted by Crippen LogP contribution is 2.16. The largest absolute Gasteiger partial charge is 0.399 e. The zero-order valence-electron chi connectivity index (χ0n) is 12.3. The molecule has 6 nitrogen and oxygen atoms in total. The summed E-state index contributed by atoms with van der Waals surface area (Å²) in [5.41, 5.74) is 12.5. The van der Waals surface area contributed by atoms with Gasteiger partial charge >= 0.3 is 0 Å². The lowest BCUT2D eigenvalue weighted by molar-refractivity contribution is -0.133. The molecule has 0 bridgehead atoms. The van der Waals surface area contributed by atoms with Crippen molar-refractivity contribution in [1.29, 1.82) is 0 Å². The number of nitrogens with zero attached hydrogens (tertiary/aromatic N) is 1. The average Bonchev–Trinajstić information content (AvgIpc) is 2.47. The lowest BCUT2D eigenvalue weighted by atomic mass is 10.1. The Morgan fingerprint density at radius 1 is 1.19 bits per heavy atom. The Morgan fingerprint density at radius 3 is 2.48 bits per heavy atom. The lowest BCUT2D eigenvalue weighted by Crippen LogP contribution is -2.48. The number of benzene rings is 1. The van der Waals surface area contributed by atoms with E-state index >= 15 is 0 Å². The van der Waals surface area contributed by atoms with Gasteiger partial charge in [0.2, 0.25) is 5.91 Å². The second-order valence-corrected chi connectivity index (χ2v) is 5.43. The van der Waals surface area contributed by atoms with Crippen molar-refractivity contribution in [1.82, 2.24) is 10.2 Å². The SMILES string of the molecule is CC(NC(=O)c1ccc(N)cc1N)C(=O)N1CCCCC1. The molecule has 0 aromatic heterocycles. The summed E-state index contributed by atoms with van der Waals surface area (Å²) in [6.45, 7) is 3.23. The van der Waals surface area contributed by atoms with E-state index in [9.17, 15) is 9.59 Å². The van der Waals surface area contributed by atoms with Crippen molar-refractivity contribution >= 4 is 23.2 Å². The van der Waals surface area contributed by atoms with E-state index in [0.717, 1.165) is 32.4 Å². The van der Waals surface area contributed by atoms with Gasteiger partial charge in [-0.1, -0.05) is 0 Å². The Labute approximate surface area is 124 Å². The quantitative estimate of drug-likeness (QED) is 0.722. The van der Waals surface area contributed by atoms with E-state index < -0.39 is 6.04 Å². The van der Waals surface area contributed by atoms with Crippen LogP contribution in [0.4, 0.5) is 11.4 Å². The molecule has 1 aromatic rings. The van der Waals surface area contributed by atoms with Gasteiger partial charge in [-0.2, -0.15) is 0 Å². The average molecular weight is 290 g/mol. The van der Waals surface area contributed by atoms with E-state index in [1.165, 1.54) is 6.07 Å². The number of carbonyl (C=O) groups excluding carboxylic acids is 2. The van der Waals surface area contributed by atoms with E-state index in [-0.39, 0.29) is 11.8 Å². The van der Waals surface area contributed by atoms with Crippen molar-refractivity contribution in [2.24, 2.45) is 0 Å². The summed E-state index contributed by atoms with van der Waals surface area (Å²) in [4.78, 5) is 26.2. The minimum absolute atomic E-state index is 0.0444. The van der Waals surface area contributed by atoms with Crippen LogP contribution in [0.2, 0.25) is 0 Å². The summed E-state index contributed by atoms with van der Waals surface area (Å²) in [6.07, 6.45) is 3.21. The van der Waals surface area contributed by atoms with Crippen LogP contribution in [-0.4, -0.2) is 35.8 Å². The third-order valence-corrected chi connectivity index (χ3v) is 3.71. The maximum absolute atomic E-state index is 12.3. The molecule has 6 heteroatoms. The monoisotopic (exact) mass is 290 g/mol. The minimum Gasteiger partial charge on any atom is -0.399 e. The molecule has 2 amide bonds. The number of anilines is 2. The molecule has 1 unspecified atom stereocenters. The van der Waals surface area contributed by atoms with Crippen molar-refractivity contribution in [2.75, 3.05) is 24.6 Å². The molecule has 1 aliphatic heterocycles. The maximum atomic E-state index is 12.3. The zero-order valence-corrected chi connectivity index (χ0v) is 12.3. The predicted octanol–water partition coefficient (Wildman–Crippen LogP) is 0.982. The van der Waals surface area contributed by atoms with Crippen molar-refractivity contribution in [3.8, 4) is 0 Å². The molecule has 0 radical (unpaired) electrons. The van der Waals surface area contributed by atoms with Crippen LogP contribution in [-0.2, 0) is 4.79 Å². The Bertz CT molecular complexity index is 538. The van der Waals surface area contributed by atoms with E-state index in [1.807, 2.05) is 0 Å². The van der Waals surface area contributed by atoms with Crippen LogP contribution in [0.1, 0.15) is 36.5 Å². The van der Waals surface area contributed by atoms with Gasteiger partial charge in [0.05, 0.1) is 5.56 Å². The van der Waals surface area contributed by atoms with Gasteiger partial charge in [0.1, 0.15) is 6.04 Å². The second kappa shape index (κ2) is 6.47. The summed E-state index contributed by atoms with van der Waals surface area (Å²) in [5.74, 6) is -0.401. The van der Waals surface area contributed by atoms with Gasteiger partial charge in [-0.3, -0.25) is 9.59 Å². The van der Waals surface area contributed by atoms with Crippen molar-refractivity contribution < 1.29 is 9.59 Å². The molecule has 1 saturated heterocycles. The van der Waals surface area contributed by atoms with E-state index in [2.05, 4.69) is 5.32 Å². The molecule has 21 heavy (non-hydrogen) atoms. The highest BCUT2D eigenvalue weighted by Gasteiger charge is 2.24. The molecule has 1 atom stereocenters. The smallest absolute Gasteiger partial charge is 0.254 e. The summed E-state index contributed by atoms with van der Waals surface area (Å²) in [7, 11) is 0. The molecule has 5 N–H and O–H groups in total. The molecule has 1 aromatic carbocycles. The molecule has 1 aliphatic rings. The van der Waals surface area contributed by atoms with Crippen LogP contribution in [0.5, 0.6) is 0 Å². The van der Waals surface area contributed by atoms with E-state index in [1.54, 1.807) is 24.0 Å². The summed E-state index contributed by atoms with van der Waals surface area (Å²) < 4.78 is 0. The number of rotatable bonds is 3. The number of hydrogen-bond acceptors (Lipinski definition) is 4. The molecular weight excluding hydrogens is 268 g/mol. The topological polar surface area (TPSA) is 101 Å². The molecule has 114 valence electrons. The Hall–Kier alpha value is -2.24. The molecule has 1 heterocycles. The van der Waals surface area contributed by atoms with Gasteiger partial charge in [0.25, 0.3) is 5.91 Å². The van der Waals surface area contributed by atoms with Gasteiger partial charge in [0.15, 0.2) is 0 Å². The third kappa shape index (κ3) is 3.65. The lowest BCUT2D eigenvalue weighted by Gasteiger charge is -2.29. The highest BCUT2D eigenvalue weighted by molar-refractivity contribution is 6.01. The maximum Gasteiger partial charge on any atom is 0.254 e. The normalized spacial score (nSPS) is 16.3. The Morgan fingerprint density at radius 2 is 1.86 bits per heavy atom. The number of hydrogen-bond donors (Lipinski definition) is 3. The van der Waals surface area contributed by atoms with Crippen LogP contribution in [0.3, 0.4) is 0 Å².